The summed E-state index contributed by atoms with van der Waals surface area (Å²) in [5.41, 5.74) is 3.69. The van der Waals surface area contributed by atoms with Crippen LogP contribution < -0.4 is 4.57 Å². The zero-order valence-electron chi connectivity index (χ0n) is 19.8. The molecule has 0 fully saturated rings. The van der Waals surface area contributed by atoms with Gasteiger partial charge in [0.1, 0.15) is 4.70 Å². The topological polar surface area (TPSA) is 33.3 Å². The maximum Gasteiger partial charge on any atom is 0.233 e. The van der Waals surface area contributed by atoms with Gasteiger partial charge in [0, 0.05) is 37.0 Å². The van der Waals surface area contributed by atoms with Crippen LogP contribution in [0.1, 0.15) is 25.8 Å². The first kappa shape index (κ1) is 21.3. The number of allylic oxidation sites excluding steroid dienone is 1. The summed E-state index contributed by atoms with van der Waals surface area (Å²) in [6.45, 7) is 9.10. The van der Waals surface area contributed by atoms with Crippen molar-refractivity contribution in [3.05, 3.63) is 90.8 Å². The van der Waals surface area contributed by atoms with Crippen LogP contribution in [0.2, 0.25) is 0 Å². The lowest BCUT2D eigenvalue weighted by atomic mass is 9.61. The molecule has 170 valence electrons. The van der Waals surface area contributed by atoms with Crippen LogP contribution in [0.25, 0.3) is 42.2 Å². The molecule has 4 heteroatoms. The molecule has 2 unspecified atom stereocenters. The molecular formula is C30H28NO2S+. The Balaban J connectivity index is 1.87. The Morgan fingerprint density at radius 2 is 1.79 bits per heavy atom. The number of ether oxygens (including phenoxy) is 1. The lowest BCUT2D eigenvalue weighted by molar-refractivity contribution is -0.743. The number of pyridine rings is 1. The van der Waals surface area contributed by atoms with Gasteiger partial charge in [-0.25, -0.2) is 0 Å². The quantitative estimate of drug-likeness (QED) is 0.218. The van der Waals surface area contributed by atoms with E-state index in [0.29, 0.717) is 6.61 Å². The number of rotatable bonds is 5. The van der Waals surface area contributed by atoms with Crippen LogP contribution in [-0.4, -0.2) is 18.8 Å². The highest BCUT2D eigenvalue weighted by atomic mass is 32.1. The van der Waals surface area contributed by atoms with Crippen molar-refractivity contribution in [3.8, 4) is 11.1 Å². The second kappa shape index (κ2) is 7.39. The third-order valence-electron chi connectivity index (χ3n) is 8.11. The summed E-state index contributed by atoms with van der Waals surface area (Å²) in [6.07, 6.45) is 2.90. The number of thiophene rings is 1. The van der Waals surface area contributed by atoms with E-state index < -0.39 is 11.0 Å². The zero-order valence-corrected chi connectivity index (χ0v) is 20.6. The van der Waals surface area contributed by atoms with Crippen LogP contribution in [0.3, 0.4) is 0 Å². The van der Waals surface area contributed by atoms with E-state index in [0.717, 1.165) is 6.42 Å². The van der Waals surface area contributed by atoms with Gasteiger partial charge in [-0.1, -0.05) is 61.2 Å². The molecular weight excluding hydrogens is 438 g/mol. The van der Waals surface area contributed by atoms with Gasteiger partial charge in [-0.3, -0.25) is 0 Å². The summed E-state index contributed by atoms with van der Waals surface area (Å²) in [6, 6.07) is 23.7. The van der Waals surface area contributed by atoms with Crippen molar-refractivity contribution >= 4 is 42.4 Å². The highest BCUT2D eigenvalue weighted by Gasteiger charge is 2.60. The molecule has 6 rings (SSSR count). The van der Waals surface area contributed by atoms with Crippen molar-refractivity contribution in [2.45, 2.75) is 31.2 Å². The van der Waals surface area contributed by atoms with E-state index in [2.05, 4.69) is 97.9 Å². The number of nitrogens with zero attached hydrogens (tertiary/aromatic N) is 1. The molecule has 3 aromatic carbocycles. The Kier molecular flexibility index (Phi) is 4.64. The molecule has 0 saturated heterocycles. The second-order valence-corrected chi connectivity index (χ2v) is 10.7. The summed E-state index contributed by atoms with van der Waals surface area (Å²) < 4.78 is 10.4. The third kappa shape index (κ3) is 2.58. The van der Waals surface area contributed by atoms with Crippen molar-refractivity contribution in [3.63, 3.8) is 0 Å². The molecule has 0 spiro atoms. The first-order chi connectivity index (χ1) is 16.4. The molecule has 0 saturated carbocycles. The van der Waals surface area contributed by atoms with Gasteiger partial charge in [-0.2, -0.15) is 4.57 Å². The fourth-order valence-corrected chi connectivity index (χ4v) is 7.35. The number of hydrogen-bond acceptors (Lipinski definition) is 3. The maximum absolute atomic E-state index is 11.2. The fraction of sp³-hybridized carbons (Fsp3) is 0.233. The zero-order chi connectivity index (χ0) is 23.7. The Bertz CT molecular complexity index is 1600. The van der Waals surface area contributed by atoms with Gasteiger partial charge < -0.3 is 9.84 Å². The lowest BCUT2D eigenvalue weighted by Crippen LogP contribution is -2.67. The molecule has 1 aliphatic rings. The highest BCUT2D eigenvalue weighted by molar-refractivity contribution is 7.26. The first-order valence-electron chi connectivity index (χ1n) is 11.7. The minimum atomic E-state index is -0.746. The first-order valence-corrected chi connectivity index (χ1v) is 12.5. The number of aliphatic hydroxyl groups excluding tert-OH is 1. The van der Waals surface area contributed by atoms with E-state index in [1.807, 2.05) is 11.3 Å². The van der Waals surface area contributed by atoms with Gasteiger partial charge in [0.05, 0.1) is 10.8 Å². The Labute approximate surface area is 203 Å². The summed E-state index contributed by atoms with van der Waals surface area (Å²) in [7, 11) is 1.74. The van der Waals surface area contributed by atoms with Gasteiger partial charge in [0.25, 0.3) is 0 Å². The van der Waals surface area contributed by atoms with Crippen LogP contribution in [0.5, 0.6) is 0 Å². The molecule has 0 bridgehead atoms. The smallest absolute Gasteiger partial charge is 0.233 e. The Morgan fingerprint density at radius 1 is 1.06 bits per heavy atom. The molecule has 3 nitrogen and oxygen atoms in total. The summed E-state index contributed by atoms with van der Waals surface area (Å²) >= 11 is 1.84. The van der Waals surface area contributed by atoms with E-state index in [1.54, 1.807) is 7.11 Å². The summed E-state index contributed by atoms with van der Waals surface area (Å²) in [5, 5.41) is 15.0. The van der Waals surface area contributed by atoms with Crippen LogP contribution >= 0.6 is 11.3 Å². The Morgan fingerprint density at radius 3 is 2.53 bits per heavy atom. The van der Waals surface area contributed by atoms with Crippen LogP contribution in [0.15, 0.2) is 85.3 Å². The van der Waals surface area contributed by atoms with Crippen LogP contribution in [0, 0.1) is 0 Å². The summed E-state index contributed by atoms with van der Waals surface area (Å²) in [4.78, 5) is 0. The Hall–Kier alpha value is -3.21. The van der Waals surface area contributed by atoms with Crippen molar-refractivity contribution < 1.29 is 14.4 Å². The van der Waals surface area contributed by atoms with Gasteiger partial charge in [0.2, 0.25) is 11.1 Å². The van der Waals surface area contributed by atoms with Gasteiger partial charge >= 0.3 is 0 Å². The number of aliphatic hydroxyl groups is 1. The number of methoxy groups -OCH3 is 1. The average Bonchev–Trinajstić information content (AvgIpc) is 3.23. The normalized spacial score (nSPS) is 21.6. The molecule has 2 atom stereocenters. The summed E-state index contributed by atoms with van der Waals surface area (Å²) in [5.74, 6) is 0.169. The predicted octanol–water partition coefficient (Wildman–Crippen LogP) is 7.26. The molecule has 3 heterocycles. The minimum Gasteiger partial charge on any atom is -0.506 e. The fourth-order valence-electron chi connectivity index (χ4n) is 6.05. The van der Waals surface area contributed by atoms with E-state index in [1.165, 1.54) is 47.8 Å². The molecule has 2 aromatic heterocycles. The molecule has 1 N–H and O–H groups in total. The van der Waals surface area contributed by atoms with Gasteiger partial charge in [-0.15, -0.1) is 11.3 Å². The second-order valence-electron chi connectivity index (χ2n) is 9.68. The van der Waals surface area contributed by atoms with Gasteiger partial charge in [0.15, 0.2) is 12.0 Å². The van der Waals surface area contributed by atoms with Gasteiger partial charge in [-0.05, 0) is 41.3 Å². The number of aromatic nitrogens is 1. The van der Waals surface area contributed by atoms with Crippen molar-refractivity contribution in [2.75, 3.05) is 13.7 Å². The SMILES string of the molecule is C=C(O)C1(C)[n+]2ccc(-c3ccccc3)c3sc4cc5ccccc5c(c4c32)C1(C)CCOC. The van der Waals surface area contributed by atoms with Crippen LogP contribution in [0.4, 0.5) is 0 Å². The van der Waals surface area contributed by atoms with Crippen molar-refractivity contribution in [1.82, 2.24) is 0 Å². The third-order valence-corrected chi connectivity index (χ3v) is 9.27. The van der Waals surface area contributed by atoms with E-state index in [4.69, 9.17) is 4.74 Å². The molecule has 0 aliphatic carbocycles. The maximum atomic E-state index is 11.2. The average molecular weight is 467 g/mol. The van der Waals surface area contributed by atoms with Crippen molar-refractivity contribution in [2.24, 2.45) is 0 Å². The molecule has 0 amide bonds. The van der Waals surface area contributed by atoms with E-state index in [9.17, 15) is 5.11 Å². The van der Waals surface area contributed by atoms with E-state index in [-0.39, 0.29) is 5.76 Å². The number of benzene rings is 3. The number of hydrogen-bond donors (Lipinski definition) is 1. The molecule has 34 heavy (non-hydrogen) atoms. The molecule has 5 aromatic rings. The lowest BCUT2D eigenvalue weighted by Gasteiger charge is -2.44. The van der Waals surface area contributed by atoms with E-state index >= 15 is 0 Å². The molecule has 0 radical (unpaired) electrons. The standard InChI is InChI=1S/C30H27NO2S/c1-19(32)30(3)29(2,15-17-33-4)26-22-13-9-8-12-21(22)18-24-25(26)27-28(34-24)23(14-16-31(27)30)20-10-6-5-7-11-20/h5-14,16,18H,1,15,17H2,2-4H3/p+1. The monoisotopic (exact) mass is 466 g/mol. The predicted molar refractivity (Wildman–Crippen MR) is 142 cm³/mol. The minimum absolute atomic E-state index is 0.169. The largest absolute Gasteiger partial charge is 0.506 e. The van der Waals surface area contributed by atoms with Crippen molar-refractivity contribution in [1.29, 1.82) is 0 Å². The highest BCUT2D eigenvalue weighted by Crippen LogP contribution is 2.55. The molecule has 1 aliphatic heterocycles. The van der Waals surface area contributed by atoms with Crippen LogP contribution in [-0.2, 0) is 15.7 Å². The number of fused-ring (bicyclic) bond motifs is 2.